The van der Waals surface area contributed by atoms with Crippen molar-refractivity contribution in [2.75, 3.05) is 11.9 Å². The van der Waals surface area contributed by atoms with Gasteiger partial charge in [-0.1, -0.05) is 13.8 Å². The molecular formula is C11H19N3O2. The number of anilines is 1. The van der Waals surface area contributed by atoms with Crippen molar-refractivity contribution >= 4 is 5.82 Å². The van der Waals surface area contributed by atoms with Crippen molar-refractivity contribution in [2.45, 2.75) is 32.3 Å². The van der Waals surface area contributed by atoms with E-state index in [0.717, 1.165) is 0 Å². The fourth-order valence-electron chi connectivity index (χ4n) is 1.37. The van der Waals surface area contributed by atoms with Gasteiger partial charge in [-0.05, 0) is 12.8 Å². The van der Waals surface area contributed by atoms with E-state index in [4.69, 9.17) is 0 Å². The first-order valence-electron chi connectivity index (χ1n) is 5.50. The van der Waals surface area contributed by atoms with Crippen molar-refractivity contribution in [1.29, 1.82) is 0 Å². The van der Waals surface area contributed by atoms with Gasteiger partial charge in [-0.3, -0.25) is 4.79 Å². The van der Waals surface area contributed by atoms with Gasteiger partial charge in [0.05, 0.1) is 5.60 Å². The molecule has 5 heteroatoms. The van der Waals surface area contributed by atoms with Gasteiger partial charge in [0.15, 0.2) is 5.82 Å². The van der Waals surface area contributed by atoms with Gasteiger partial charge in [0.2, 0.25) is 0 Å². The number of nitrogens with one attached hydrogen (secondary N) is 1. The highest BCUT2D eigenvalue weighted by atomic mass is 16.3. The van der Waals surface area contributed by atoms with Crippen LogP contribution in [0.25, 0.3) is 0 Å². The van der Waals surface area contributed by atoms with Crippen LogP contribution in [-0.4, -0.2) is 26.8 Å². The summed E-state index contributed by atoms with van der Waals surface area (Å²) < 4.78 is 1.45. The van der Waals surface area contributed by atoms with Crippen LogP contribution in [0.1, 0.15) is 26.7 Å². The molecule has 90 valence electrons. The quantitative estimate of drug-likeness (QED) is 0.775. The normalized spacial score (nSPS) is 11.5. The molecule has 0 aliphatic carbocycles. The van der Waals surface area contributed by atoms with Crippen LogP contribution in [0.5, 0.6) is 0 Å². The summed E-state index contributed by atoms with van der Waals surface area (Å²) in [5.41, 5.74) is -0.959. The molecule has 0 aromatic carbocycles. The van der Waals surface area contributed by atoms with E-state index in [2.05, 4.69) is 10.3 Å². The molecule has 5 nitrogen and oxygen atoms in total. The van der Waals surface area contributed by atoms with E-state index in [9.17, 15) is 9.90 Å². The lowest BCUT2D eigenvalue weighted by atomic mass is 9.98. The van der Waals surface area contributed by atoms with E-state index in [-0.39, 0.29) is 11.4 Å². The lowest BCUT2D eigenvalue weighted by molar-refractivity contribution is 0.0456. The summed E-state index contributed by atoms with van der Waals surface area (Å²) in [5, 5.41) is 13.0. The monoisotopic (exact) mass is 225 g/mol. The summed E-state index contributed by atoms with van der Waals surface area (Å²) in [4.78, 5) is 15.6. The molecule has 16 heavy (non-hydrogen) atoms. The zero-order valence-electron chi connectivity index (χ0n) is 10.0. The van der Waals surface area contributed by atoms with Crippen LogP contribution in [0.3, 0.4) is 0 Å². The van der Waals surface area contributed by atoms with Crippen LogP contribution >= 0.6 is 0 Å². The second kappa shape index (κ2) is 5.12. The minimum atomic E-state index is -0.775. The fraction of sp³-hybridized carbons (Fsp3) is 0.636. The zero-order chi connectivity index (χ0) is 12.2. The molecule has 0 aliphatic heterocycles. The Labute approximate surface area is 95.1 Å². The molecule has 0 saturated heterocycles. The first-order valence-corrected chi connectivity index (χ1v) is 5.50. The predicted molar refractivity (Wildman–Crippen MR) is 63.5 cm³/mol. The highest BCUT2D eigenvalue weighted by Gasteiger charge is 2.22. The highest BCUT2D eigenvalue weighted by Crippen LogP contribution is 2.14. The number of aromatic nitrogens is 2. The third-order valence-corrected chi connectivity index (χ3v) is 2.92. The topological polar surface area (TPSA) is 67.2 Å². The van der Waals surface area contributed by atoms with Crippen molar-refractivity contribution < 1.29 is 5.11 Å². The number of hydrogen-bond acceptors (Lipinski definition) is 4. The van der Waals surface area contributed by atoms with Crippen LogP contribution in [0, 0.1) is 0 Å². The molecule has 1 heterocycles. The van der Waals surface area contributed by atoms with Crippen molar-refractivity contribution in [3.05, 3.63) is 22.7 Å². The molecule has 0 radical (unpaired) electrons. The second-order valence-electron chi connectivity index (χ2n) is 3.98. The largest absolute Gasteiger partial charge is 0.388 e. The Morgan fingerprint density at radius 3 is 2.69 bits per heavy atom. The van der Waals surface area contributed by atoms with Crippen molar-refractivity contribution in [3.63, 3.8) is 0 Å². The maximum Gasteiger partial charge on any atom is 0.293 e. The average molecular weight is 225 g/mol. The Bertz CT molecular complexity index is 396. The average Bonchev–Trinajstić information content (AvgIpc) is 2.31. The van der Waals surface area contributed by atoms with Crippen LogP contribution in [0.2, 0.25) is 0 Å². The van der Waals surface area contributed by atoms with Gasteiger partial charge < -0.3 is 15.0 Å². The van der Waals surface area contributed by atoms with Crippen LogP contribution in [-0.2, 0) is 7.05 Å². The van der Waals surface area contributed by atoms with E-state index >= 15 is 0 Å². The molecule has 1 aromatic rings. The molecule has 1 aromatic heterocycles. The number of nitrogens with zero attached hydrogens (tertiary/aromatic N) is 2. The van der Waals surface area contributed by atoms with Crippen molar-refractivity contribution in [1.82, 2.24) is 9.55 Å². The zero-order valence-corrected chi connectivity index (χ0v) is 10.0. The van der Waals surface area contributed by atoms with Gasteiger partial charge in [0.1, 0.15) is 0 Å². The summed E-state index contributed by atoms with van der Waals surface area (Å²) >= 11 is 0. The van der Waals surface area contributed by atoms with Crippen LogP contribution in [0.4, 0.5) is 5.82 Å². The summed E-state index contributed by atoms with van der Waals surface area (Å²) in [6.07, 6.45) is 4.44. The maximum absolute atomic E-state index is 11.6. The summed E-state index contributed by atoms with van der Waals surface area (Å²) in [6.45, 7) is 4.18. The standard InChI is InChI=1S/C11H19N3O2/c1-4-11(16,5-2)8-13-9-10(15)14(3)7-6-12-9/h6-7,16H,4-5,8H2,1-3H3,(H,12,13). The smallest absolute Gasteiger partial charge is 0.293 e. The Balaban J connectivity index is 2.75. The van der Waals surface area contributed by atoms with E-state index in [1.807, 2.05) is 13.8 Å². The molecule has 0 bridgehead atoms. The second-order valence-corrected chi connectivity index (χ2v) is 3.98. The molecule has 0 spiro atoms. The summed E-state index contributed by atoms with van der Waals surface area (Å²) in [6, 6.07) is 0. The van der Waals surface area contributed by atoms with Gasteiger partial charge in [-0.25, -0.2) is 4.98 Å². The van der Waals surface area contributed by atoms with E-state index in [0.29, 0.717) is 19.4 Å². The molecule has 2 N–H and O–H groups in total. The first kappa shape index (κ1) is 12.7. The minimum absolute atomic E-state index is 0.183. The lowest BCUT2D eigenvalue weighted by Crippen LogP contribution is -2.37. The summed E-state index contributed by atoms with van der Waals surface area (Å²) in [7, 11) is 1.67. The van der Waals surface area contributed by atoms with E-state index in [1.165, 1.54) is 4.57 Å². The third kappa shape index (κ3) is 2.82. The Hall–Kier alpha value is -1.36. The highest BCUT2D eigenvalue weighted by molar-refractivity contribution is 5.31. The molecule has 0 amide bonds. The van der Waals surface area contributed by atoms with E-state index in [1.54, 1.807) is 19.4 Å². The minimum Gasteiger partial charge on any atom is -0.388 e. The lowest BCUT2D eigenvalue weighted by Gasteiger charge is -2.25. The van der Waals surface area contributed by atoms with Gasteiger partial charge in [0.25, 0.3) is 5.56 Å². The fourth-order valence-corrected chi connectivity index (χ4v) is 1.37. The summed E-state index contributed by atoms with van der Waals surface area (Å²) in [5.74, 6) is 0.283. The molecular weight excluding hydrogens is 206 g/mol. The first-order chi connectivity index (χ1) is 7.52. The Morgan fingerprint density at radius 1 is 1.50 bits per heavy atom. The van der Waals surface area contributed by atoms with Crippen LogP contribution in [0.15, 0.2) is 17.2 Å². The van der Waals surface area contributed by atoms with Crippen LogP contribution < -0.4 is 10.9 Å². The number of hydrogen-bond donors (Lipinski definition) is 2. The van der Waals surface area contributed by atoms with Gasteiger partial charge in [-0.2, -0.15) is 0 Å². The molecule has 0 fully saturated rings. The molecule has 0 aliphatic rings. The maximum atomic E-state index is 11.6. The predicted octanol–water partition coefficient (Wildman–Crippen LogP) is 0.743. The van der Waals surface area contributed by atoms with E-state index < -0.39 is 5.60 Å². The molecule has 1 rings (SSSR count). The molecule has 0 saturated carbocycles. The van der Waals surface area contributed by atoms with Gasteiger partial charge in [0, 0.05) is 26.0 Å². The molecule has 0 atom stereocenters. The Morgan fingerprint density at radius 2 is 2.12 bits per heavy atom. The number of aryl methyl sites for hydroxylation is 1. The van der Waals surface area contributed by atoms with Gasteiger partial charge in [-0.15, -0.1) is 0 Å². The number of rotatable bonds is 5. The molecule has 0 unspecified atom stereocenters. The van der Waals surface area contributed by atoms with Crippen molar-refractivity contribution in [2.24, 2.45) is 7.05 Å². The van der Waals surface area contributed by atoms with Gasteiger partial charge >= 0.3 is 0 Å². The SMILES string of the molecule is CCC(O)(CC)CNc1nccn(C)c1=O. The van der Waals surface area contributed by atoms with Crippen molar-refractivity contribution in [3.8, 4) is 0 Å². The Kier molecular flexibility index (Phi) is 4.06. The number of aliphatic hydroxyl groups is 1. The third-order valence-electron chi connectivity index (χ3n) is 2.92.